The number of rotatable bonds is 5. The Labute approximate surface area is 145 Å². The van der Waals surface area contributed by atoms with Crippen LogP contribution >= 0.6 is 0 Å². The Morgan fingerprint density at radius 3 is 2.54 bits per heavy atom. The number of ether oxygens (including phenoxy) is 1. The number of hydrogen-bond acceptors (Lipinski definition) is 2. The fourth-order valence-corrected chi connectivity index (χ4v) is 3.66. The van der Waals surface area contributed by atoms with E-state index in [1.807, 2.05) is 12.1 Å². The van der Waals surface area contributed by atoms with Gasteiger partial charge in [0.05, 0.1) is 0 Å². The largest absolute Gasteiger partial charge is 0.508 e. The smallest absolute Gasteiger partial charge is 0.123 e. The molecule has 0 saturated carbocycles. The molecule has 0 saturated heterocycles. The summed E-state index contributed by atoms with van der Waals surface area (Å²) in [6.07, 6.45) is 5.51. The third-order valence-corrected chi connectivity index (χ3v) is 5.41. The summed E-state index contributed by atoms with van der Waals surface area (Å²) >= 11 is 0. The molecular weight excluding hydrogens is 296 g/mol. The number of para-hydroxylation sites is 1. The summed E-state index contributed by atoms with van der Waals surface area (Å²) in [7, 11) is 0. The first-order chi connectivity index (χ1) is 11.4. The Hall–Kier alpha value is -1.96. The van der Waals surface area contributed by atoms with Crippen molar-refractivity contribution in [2.24, 2.45) is 0 Å². The SMILES string of the molecule is CC1(CCCC(C)(C)c2ccc(O)cc2)CCc2ccccc2O1. The van der Waals surface area contributed by atoms with Crippen LogP contribution in [0.5, 0.6) is 11.5 Å². The van der Waals surface area contributed by atoms with Gasteiger partial charge in [-0.15, -0.1) is 0 Å². The minimum Gasteiger partial charge on any atom is -0.508 e. The van der Waals surface area contributed by atoms with E-state index in [9.17, 15) is 5.11 Å². The maximum atomic E-state index is 9.47. The van der Waals surface area contributed by atoms with E-state index in [1.54, 1.807) is 12.1 Å². The normalized spacial score (nSPS) is 20.3. The second-order valence-corrected chi connectivity index (χ2v) is 7.94. The number of phenolic OH excluding ortho intramolecular Hbond substituents is 1. The molecule has 1 aliphatic rings. The fourth-order valence-electron chi connectivity index (χ4n) is 3.66. The molecule has 1 unspecified atom stereocenters. The van der Waals surface area contributed by atoms with Crippen LogP contribution in [0.3, 0.4) is 0 Å². The molecule has 128 valence electrons. The molecule has 1 aliphatic heterocycles. The van der Waals surface area contributed by atoms with Gasteiger partial charge in [-0.25, -0.2) is 0 Å². The number of aromatic hydroxyl groups is 1. The first-order valence-electron chi connectivity index (χ1n) is 8.94. The van der Waals surface area contributed by atoms with Gasteiger partial charge in [-0.1, -0.05) is 44.2 Å². The Bertz CT molecular complexity index is 687. The number of fused-ring (bicyclic) bond motifs is 1. The molecule has 0 aliphatic carbocycles. The molecular formula is C22H28O2. The lowest BCUT2D eigenvalue weighted by Gasteiger charge is -2.37. The molecule has 2 heteroatoms. The van der Waals surface area contributed by atoms with Gasteiger partial charge in [0, 0.05) is 0 Å². The lowest BCUT2D eigenvalue weighted by Crippen LogP contribution is -2.36. The first kappa shape index (κ1) is 16.9. The highest BCUT2D eigenvalue weighted by molar-refractivity contribution is 5.36. The molecule has 2 aromatic rings. The van der Waals surface area contributed by atoms with Gasteiger partial charge in [0.25, 0.3) is 0 Å². The summed E-state index contributed by atoms with van der Waals surface area (Å²) in [5, 5.41) is 9.47. The minimum atomic E-state index is -0.0562. The van der Waals surface area contributed by atoms with E-state index in [1.165, 1.54) is 11.1 Å². The molecule has 24 heavy (non-hydrogen) atoms. The Morgan fingerprint density at radius 2 is 1.79 bits per heavy atom. The molecule has 1 N–H and O–H groups in total. The average Bonchev–Trinajstić information content (AvgIpc) is 2.55. The zero-order valence-electron chi connectivity index (χ0n) is 15.0. The van der Waals surface area contributed by atoms with Gasteiger partial charge in [-0.3, -0.25) is 0 Å². The standard InChI is InChI=1S/C22H28O2/c1-21(2,18-9-11-19(23)12-10-18)14-6-15-22(3)16-13-17-7-4-5-8-20(17)24-22/h4-5,7-12,23H,6,13-16H2,1-3H3. The van der Waals surface area contributed by atoms with Crippen molar-refractivity contribution in [3.8, 4) is 11.5 Å². The monoisotopic (exact) mass is 324 g/mol. The van der Waals surface area contributed by atoms with Gasteiger partial charge in [-0.05, 0) is 73.8 Å². The van der Waals surface area contributed by atoms with Crippen molar-refractivity contribution in [2.75, 3.05) is 0 Å². The van der Waals surface area contributed by atoms with Gasteiger partial charge in [0.2, 0.25) is 0 Å². The second-order valence-electron chi connectivity index (χ2n) is 7.94. The van der Waals surface area contributed by atoms with Crippen LogP contribution in [-0.2, 0) is 11.8 Å². The predicted octanol–water partition coefficient (Wildman–Crippen LogP) is 5.62. The zero-order chi connectivity index (χ0) is 17.2. The molecule has 0 aromatic heterocycles. The molecule has 2 aromatic carbocycles. The number of aryl methyl sites for hydroxylation is 1. The number of hydrogen-bond donors (Lipinski definition) is 1. The van der Waals surface area contributed by atoms with E-state index in [-0.39, 0.29) is 11.0 Å². The number of phenols is 1. The maximum Gasteiger partial charge on any atom is 0.123 e. The molecule has 1 heterocycles. The lowest BCUT2D eigenvalue weighted by molar-refractivity contribution is 0.0522. The molecule has 1 atom stereocenters. The second kappa shape index (κ2) is 6.51. The predicted molar refractivity (Wildman–Crippen MR) is 98.8 cm³/mol. The Morgan fingerprint density at radius 1 is 1.08 bits per heavy atom. The molecule has 0 amide bonds. The van der Waals surface area contributed by atoms with Crippen LogP contribution in [0.4, 0.5) is 0 Å². The van der Waals surface area contributed by atoms with Crippen LogP contribution < -0.4 is 4.74 Å². The summed E-state index contributed by atoms with van der Waals surface area (Å²) < 4.78 is 6.32. The molecule has 2 nitrogen and oxygen atoms in total. The van der Waals surface area contributed by atoms with Crippen molar-refractivity contribution in [2.45, 2.75) is 63.9 Å². The van der Waals surface area contributed by atoms with Crippen molar-refractivity contribution in [1.29, 1.82) is 0 Å². The average molecular weight is 324 g/mol. The third kappa shape index (κ3) is 3.75. The Balaban J connectivity index is 1.59. The molecule has 0 spiro atoms. The third-order valence-electron chi connectivity index (χ3n) is 5.41. The van der Waals surface area contributed by atoms with Gasteiger partial charge in [0.15, 0.2) is 0 Å². The zero-order valence-corrected chi connectivity index (χ0v) is 15.0. The van der Waals surface area contributed by atoms with Crippen LogP contribution in [-0.4, -0.2) is 10.7 Å². The molecule has 0 fully saturated rings. The van der Waals surface area contributed by atoms with Crippen LogP contribution in [0.2, 0.25) is 0 Å². The fraction of sp³-hybridized carbons (Fsp3) is 0.455. The highest BCUT2D eigenvalue weighted by Gasteiger charge is 2.32. The Kier molecular flexibility index (Phi) is 4.58. The highest BCUT2D eigenvalue weighted by Crippen LogP contribution is 2.37. The highest BCUT2D eigenvalue weighted by atomic mass is 16.5. The minimum absolute atomic E-state index is 0.0562. The van der Waals surface area contributed by atoms with Gasteiger partial charge < -0.3 is 9.84 Å². The first-order valence-corrected chi connectivity index (χ1v) is 8.94. The van der Waals surface area contributed by atoms with E-state index in [0.717, 1.165) is 37.9 Å². The van der Waals surface area contributed by atoms with Gasteiger partial charge >= 0.3 is 0 Å². The number of benzene rings is 2. The molecule has 0 bridgehead atoms. The molecule has 0 radical (unpaired) electrons. The van der Waals surface area contributed by atoms with E-state index in [2.05, 4.69) is 45.0 Å². The van der Waals surface area contributed by atoms with Crippen molar-refractivity contribution < 1.29 is 9.84 Å². The summed E-state index contributed by atoms with van der Waals surface area (Å²) in [5.41, 5.74) is 2.66. The van der Waals surface area contributed by atoms with E-state index >= 15 is 0 Å². The lowest BCUT2D eigenvalue weighted by atomic mass is 9.78. The van der Waals surface area contributed by atoms with Crippen LogP contribution in [0.25, 0.3) is 0 Å². The van der Waals surface area contributed by atoms with Gasteiger partial charge in [-0.2, -0.15) is 0 Å². The van der Waals surface area contributed by atoms with Crippen LogP contribution in [0, 0.1) is 0 Å². The van der Waals surface area contributed by atoms with Crippen molar-refractivity contribution in [1.82, 2.24) is 0 Å². The quantitative estimate of drug-likeness (QED) is 0.773. The van der Waals surface area contributed by atoms with Gasteiger partial charge in [0.1, 0.15) is 17.1 Å². The van der Waals surface area contributed by atoms with Crippen LogP contribution in [0.1, 0.15) is 57.6 Å². The summed E-state index contributed by atoms with van der Waals surface area (Å²) in [6, 6.07) is 16.0. The summed E-state index contributed by atoms with van der Waals surface area (Å²) in [4.78, 5) is 0. The maximum absolute atomic E-state index is 9.47. The van der Waals surface area contributed by atoms with Crippen molar-refractivity contribution in [3.05, 3.63) is 59.7 Å². The topological polar surface area (TPSA) is 29.5 Å². The molecule has 3 rings (SSSR count). The van der Waals surface area contributed by atoms with E-state index < -0.39 is 0 Å². The van der Waals surface area contributed by atoms with Crippen molar-refractivity contribution in [3.63, 3.8) is 0 Å². The van der Waals surface area contributed by atoms with E-state index in [0.29, 0.717) is 5.75 Å². The summed E-state index contributed by atoms with van der Waals surface area (Å²) in [6.45, 7) is 6.80. The van der Waals surface area contributed by atoms with E-state index in [4.69, 9.17) is 4.74 Å². The van der Waals surface area contributed by atoms with Crippen molar-refractivity contribution >= 4 is 0 Å². The van der Waals surface area contributed by atoms with Crippen LogP contribution in [0.15, 0.2) is 48.5 Å². The summed E-state index contributed by atoms with van der Waals surface area (Å²) in [5.74, 6) is 1.39.